The van der Waals surface area contributed by atoms with E-state index in [2.05, 4.69) is 39.3 Å². The molecule has 1 aliphatic heterocycles. The fraction of sp³-hybridized carbons (Fsp3) is 0.188. The molecule has 3 nitrogen and oxygen atoms in total. The van der Waals surface area contributed by atoms with Gasteiger partial charge in [-0.15, -0.1) is 0 Å². The quantitative estimate of drug-likeness (QED) is 0.789. The number of halogens is 1. The van der Waals surface area contributed by atoms with Gasteiger partial charge in [0.1, 0.15) is 6.04 Å². The second-order valence-electron chi connectivity index (χ2n) is 4.81. The minimum Gasteiger partial charge on any atom is -0.323 e. The van der Waals surface area contributed by atoms with Crippen LogP contribution in [0, 0.1) is 3.57 Å². The summed E-state index contributed by atoms with van der Waals surface area (Å²) in [4.78, 5) is 12.5. The number of nitrogens with one attached hydrogen (secondary N) is 2. The van der Waals surface area contributed by atoms with Gasteiger partial charge in [0.25, 0.3) is 0 Å². The van der Waals surface area contributed by atoms with E-state index in [1.807, 2.05) is 42.5 Å². The van der Waals surface area contributed by atoms with Gasteiger partial charge in [0.05, 0.1) is 5.69 Å². The molecular weight excluding hydrogens is 363 g/mol. The highest BCUT2D eigenvalue weighted by Gasteiger charge is 2.25. The van der Waals surface area contributed by atoms with Crippen LogP contribution in [0.15, 0.2) is 48.5 Å². The summed E-state index contributed by atoms with van der Waals surface area (Å²) in [5, 5.41) is 6.31. The number of rotatable bonds is 2. The summed E-state index contributed by atoms with van der Waals surface area (Å²) in [6.45, 7) is 0.834. The molecule has 102 valence electrons. The summed E-state index contributed by atoms with van der Waals surface area (Å²) in [6, 6.07) is 15.7. The highest BCUT2D eigenvalue weighted by molar-refractivity contribution is 14.1. The first-order valence-electron chi connectivity index (χ1n) is 6.62. The normalized spacial score (nSPS) is 17.4. The monoisotopic (exact) mass is 378 g/mol. The third-order valence-electron chi connectivity index (χ3n) is 3.50. The second kappa shape index (κ2) is 5.93. The number of amides is 1. The first kappa shape index (κ1) is 13.6. The summed E-state index contributed by atoms with van der Waals surface area (Å²) in [5.41, 5.74) is 3.21. The van der Waals surface area contributed by atoms with Crippen LogP contribution in [0.2, 0.25) is 0 Å². The third-order valence-corrected chi connectivity index (χ3v) is 4.44. The molecule has 0 saturated heterocycles. The Morgan fingerprint density at radius 3 is 2.75 bits per heavy atom. The number of hydrogen-bond acceptors (Lipinski definition) is 2. The smallest absolute Gasteiger partial charge is 0.246 e. The first-order valence-corrected chi connectivity index (χ1v) is 7.70. The lowest BCUT2D eigenvalue weighted by atomic mass is 9.94. The van der Waals surface area contributed by atoms with Crippen LogP contribution >= 0.6 is 22.6 Å². The largest absolute Gasteiger partial charge is 0.323 e. The number of anilines is 1. The Morgan fingerprint density at radius 2 is 1.90 bits per heavy atom. The van der Waals surface area contributed by atoms with Crippen LogP contribution in [0.1, 0.15) is 17.2 Å². The Hall–Kier alpha value is -1.40. The van der Waals surface area contributed by atoms with Crippen LogP contribution < -0.4 is 10.6 Å². The van der Waals surface area contributed by atoms with Gasteiger partial charge < -0.3 is 10.6 Å². The van der Waals surface area contributed by atoms with E-state index < -0.39 is 0 Å². The van der Waals surface area contributed by atoms with Crippen molar-refractivity contribution in [2.45, 2.75) is 12.5 Å². The van der Waals surface area contributed by atoms with E-state index in [9.17, 15) is 4.79 Å². The number of hydrogen-bond donors (Lipinski definition) is 2. The molecule has 1 atom stereocenters. The highest BCUT2D eigenvalue weighted by atomic mass is 127. The number of carbonyl (C=O) groups excluding carboxylic acids is 1. The second-order valence-corrected chi connectivity index (χ2v) is 5.97. The van der Waals surface area contributed by atoms with Crippen molar-refractivity contribution >= 4 is 34.2 Å². The van der Waals surface area contributed by atoms with Gasteiger partial charge in [-0.05, 0) is 52.3 Å². The van der Waals surface area contributed by atoms with Crippen molar-refractivity contribution in [3.63, 3.8) is 0 Å². The molecule has 0 spiro atoms. The molecule has 0 aromatic heterocycles. The van der Waals surface area contributed by atoms with E-state index in [-0.39, 0.29) is 11.9 Å². The summed E-state index contributed by atoms with van der Waals surface area (Å²) >= 11 is 2.23. The molecule has 0 fully saturated rings. The van der Waals surface area contributed by atoms with Crippen molar-refractivity contribution in [2.75, 3.05) is 11.9 Å². The van der Waals surface area contributed by atoms with Crippen molar-refractivity contribution in [2.24, 2.45) is 0 Å². The van der Waals surface area contributed by atoms with Crippen LogP contribution in [0.25, 0.3) is 0 Å². The first-order chi connectivity index (χ1) is 9.75. The number of fused-ring (bicyclic) bond motifs is 1. The zero-order chi connectivity index (χ0) is 13.9. The standard InChI is InChI=1S/C16H15IN2O/c17-13-7-3-4-8-14(13)19-16(20)15-12-6-2-1-5-11(12)9-10-18-15/h1-8,15,18H,9-10H2,(H,19,20). The lowest BCUT2D eigenvalue weighted by molar-refractivity contribution is -0.118. The summed E-state index contributed by atoms with van der Waals surface area (Å²) in [5.74, 6) is 0.00117. The van der Waals surface area contributed by atoms with E-state index >= 15 is 0 Å². The Bertz CT molecular complexity index is 642. The SMILES string of the molecule is O=C(Nc1ccccc1I)C1NCCc2ccccc21. The summed E-state index contributed by atoms with van der Waals surface area (Å²) in [6.07, 6.45) is 0.975. The third kappa shape index (κ3) is 2.71. The maximum atomic E-state index is 12.5. The molecule has 0 saturated carbocycles. The summed E-state index contributed by atoms with van der Waals surface area (Å²) in [7, 11) is 0. The molecule has 0 bridgehead atoms. The molecule has 1 heterocycles. The maximum Gasteiger partial charge on any atom is 0.246 e. The van der Waals surface area contributed by atoms with Gasteiger partial charge in [0.15, 0.2) is 0 Å². The zero-order valence-electron chi connectivity index (χ0n) is 10.9. The van der Waals surface area contributed by atoms with Crippen molar-refractivity contribution in [3.8, 4) is 0 Å². The highest BCUT2D eigenvalue weighted by Crippen LogP contribution is 2.25. The lowest BCUT2D eigenvalue weighted by Gasteiger charge is -2.26. The molecule has 1 aliphatic rings. The number of para-hydroxylation sites is 1. The average Bonchev–Trinajstić information content (AvgIpc) is 2.49. The fourth-order valence-electron chi connectivity index (χ4n) is 2.51. The van der Waals surface area contributed by atoms with Gasteiger partial charge in [0.2, 0.25) is 5.91 Å². The Kier molecular flexibility index (Phi) is 4.03. The van der Waals surface area contributed by atoms with E-state index in [1.165, 1.54) is 5.56 Å². The van der Waals surface area contributed by atoms with Gasteiger partial charge in [-0.2, -0.15) is 0 Å². The molecular formula is C16H15IN2O. The van der Waals surface area contributed by atoms with Gasteiger partial charge in [-0.25, -0.2) is 0 Å². The van der Waals surface area contributed by atoms with Gasteiger partial charge in [-0.1, -0.05) is 36.4 Å². The molecule has 20 heavy (non-hydrogen) atoms. The average molecular weight is 378 g/mol. The molecule has 4 heteroatoms. The predicted molar refractivity (Wildman–Crippen MR) is 88.7 cm³/mol. The van der Waals surface area contributed by atoms with Crippen LogP contribution in [-0.2, 0) is 11.2 Å². The van der Waals surface area contributed by atoms with E-state index in [0.717, 1.165) is 27.8 Å². The van der Waals surface area contributed by atoms with Gasteiger partial charge >= 0.3 is 0 Å². The molecule has 2 aromatic carbocycles. The number of carbonyl (C=O) groups is 1. The minimum atomic E-state index is -0.268. The van der Waals surface area contributed by atoms with Crippen LogP contribution in [0.5, 0.6) is 0 Å². The molecule has 2 N–H and O–H groups in total. The van der Waals surface area contributed by atoms with Gasteiger partial charge in [-0.3, -0.25) is 4.79 Å². The maximum absolute atomic E-state index is 12.5. The molecule has 1 amide bonds. The molecule has 1 unspecified atom stereocenters. The van der Waals surface area contributed by atoms with Crippen molar-refractivity contribution in [3.05, 3.63) is 63.2 Å². The Balaban J connectivity index is 1.84. The number of benzene rings is 2. The lowest BCUT2D eigenvalue weighted by Crippen LogP contribution is -2.38. The summed E-state index contributed by atoms with van der Waals surface area (Å²) < 4.78 is 1.04. The van der Waals surface area contributed by atoms with E-state index in [0.29, 0.717) is 0 Å². The molecule has 0 radical (unpaired) electrons. The molecule has 2 aromatic rings. The van der Waals surface area contributed by atoms with Gasteiger partial charge in [0, 0.05) is 10.1 Å². The van der Waals surface area contributed by atoms with Crippen molar-refractivity contribution in [1.82, 2.24) is 5.32 Å². The van der Waals surface area contributed by atoms with Crippen molar-refractivity contribution < 1.29 is 4.79 Å². The predicted octanol–water partition coefficient (Wildman–Crippen LogP) is 3.12. The van der Waals surface area contributed by atoms with Crippen LogP contribution in [-0.4, -0.2) is 12.5 Å². The van der Waals surface area contributed by atoms with E-state index in [1.54, 1.807) is 0 Å². The van der Waals surface area contributed by atoms with Crippen LogP contribution in [0.3, 0.4) is 0 Å². The molecule has 3 rings (SSSR count). The fourth-order valence-corrected chi connectivity index (χ4v) is 3.03. The minimum absolute atomic E-state index is 0.00117. The van der Waals surface area contributed by atoms with Crippen LogP contribution in [0.4, 0.5) is 5.69 Å². The van der Waals surface area contributed by atoms with E-state index in [4.69, 9.17) is 0 Å². The Morgan fingerprint density at radius 1 is 1.15 bits per heavy atom. The topological polar surface area (TPSA) is 41.1 Å². The Labute approximate surface area is 131 Å². The van der Waals surface area contributed by atoms with Crippen molar-refractivity contribution in [1.29, 1.82) is 0 Å². The molecule has 0 aliphatic carbocycles. The zero-order valence-corrected chi connectivity index (χ0v) is 13.1.